The summed E-state index contributed by atoms with van der Waals surface area (Å²) >= 11 is 0. The van der Waals surface area contributed by atoms with Crippen molar-refractivity contribution >= 4 is 12.4 Å². The molecule has 1 unspecified atom stereocenters. The second-order valence-electron chi connectivity index (χ2n) is 5.89. The molecular formula is C16H22ClN5O2. The number of rotatable bonds is 3. The molecule has 1 N–H and O–H groups in total. The van der Waals surface area contributed by atoms with E-state index in [4.69, 9.17) is 0 Å². The van der Waals surface area contributed by atoms with E-state index in [1.807, 2.05) is 12.3 Å². The highest BCUT2D eigenvalue weighted by Gasteiger charge is 2.25. The standard InChI is InChI=1S/C16H21N5O2.ClH/c1-19-10-13(15(22)20(2)16(19)23)11-21-7-6-18-9-14(21)12-4-3-5-17-8-12;/h3-5,8,10,14,18H,6-7,9,11H2,1-2H3;1H. The van der Waals surface area contributed by atoms with Gasteiger partial charge in [-0.1, -0.05) is 6.07 Å². The lowest BCUT2D eigenvalue weighted by Crippen LogP contribution is -2.47. The summed E-state index contributed by atoms with van der Waals surface area (Å²) < 4.78 is 2.62. The first-order chi connectivity index (χ1) is 11.1. The van der Waals surface area contributed by atoms with E-state index in [1.165, 1.54) is 11.6 Å². The molecule has 1 aliphatic heterocycles. The quantitative estimate of drug-likeness (QED) is 0.846. The molecule has 0 radical (unpaired) electrons. The molecule has 1 atom stereocenters. The Hall–Kier alpha value is -1.96. The number of piperazine rings is 1. The van der Waals surface area contributed by atoms with Crippen LogP contribution in [0.5, 0.6) is 0 Å². The first-order valence-electron chi connectivity index (χ1n) is 7.68. The highest BCUT2D eigenvalue weighted by Crippen LogP contribution is 2.22. The Kier molecular flexibility index (Phi) is 5.93. The van der Waals surface area contributed by atoms with Crippen LogP contribution in [-0.4, -0.2) is 38.7 Å². The Morgan fingerprint density at radius 2 is 2.12 bits per heavy atom. The molecule has 24 heavy (non-hydrogen) atoms. The minimum Gasteiger partial charge on any atom is -0.314 e. The van der Waals surface area contributed by atoms with E-state index < -0.39 is 0 Å². The van der Waals surface area contributed by atoms with E-state index in [9.17, 15) is 9.59 Å². The molecule has 7 nitrogen and oxygen atoms in total. The monoisotopic (exact) mass is 351 g/mol. The van der Waals surface area contributed by atoms with E-state index in [-0.39, 0.29) is 29.7 Å². The zero-order valence-corrected chi connectivity index (χ0v) is 14.6. The SMILES string of the molecule is Cl.Cn1cc(CN2CCNCC2c2cccnc2)c(=O)n(C)c1=O. The van der Waals surface area contributed by atoms with Crippen LogP contribution in [-0.2, 0) is 20.6 Å². The van der Waals surface area contributed by atoms with Crippen molar-refractivity contribution in [3.8, 4) is 0 Å². The normalized spacial score (nSPS) is 18.2. The predicted octanol–water partition coefficient (Wildman–Crippen LogP) is 0.0473. The fourth-order valence-electron chi connectivity index (χ4n) is 3.05. The van der Waals surface area contributed by atoms with Crippen LogP contribution in [0.3, 0.4) is 0 Å². The zero-order valence-electron chi connectivity index (χ0n) is 13.8. The maximum atomic E-state index is 12.4. The third-order valence-electron chi connectivity index (χ3n) is 4.31. The van der Waals surface area contributed by atoms with Gasteiger partial charge >= 0.3 is 5.69 Å². The molecule has 0 aliphatic carbocycles. The molecule has 3 heterocycles. The Morgan fingerprint density at radius 3 is 2.83 bits per heavy atom. The number of halogens is 1. The van der Waals surface area contributed by atoms with Crippen LogP contribution < -0.4 is 16.6 Å². The Morgan fingerprint density at radius 1 is 1.33 bits per heavy atom. The van der Waals surface area contributed by atoms with Gasteiger partial charge in [-0.15, -0.1) is 12.4 Å². The minimum absolute atomic E-state index is 0. The maximum Gasteiger partial charge on any atom is 0.330 e. The Labute approximate surface area is 146 Å². The van der Waals surface area contributed by atoms with E-state index >= 15 is 0 Å². The van der Waals surface area contributed by atoms with Crippen molar-refractivity contribution in [2.45, 2.75) is 12.6 Å². The highest BCUT2D eigenvalue weighted by molar-refractivity contribution is 5.85. The fraction of sp³-hybridized carbons (Fsp3) is 0.438. The lowest BCUT2D eigenvalue weighted by Gasteiger charge is -2.36. The Bertz CT molecular complexity index is 802. The van der Waals surface area contributed by atoms with Crippen LogP contribution in [0.2, 0.25) is 0 Å². The largest absolute Gasteiger partial charge is 0.330 e. The molecule has 2 aromatic heterocycles. The van der Waals surface area contributed by atoms with Crippen molar-refractivity contribution in [3.05, 3.63) is 62.7 Å². The van der Waals surface area contributed by atoms with Gasteiger partial charge in [-0.2, -0.15) is 0 Å². The van der Waals surface area contributed by atoms with Crippen molar-refractivity contribution in [2.24, 2.45) is 14.1 Å². The summed E-state index contributed by atoms with van der Waals surface area (Å²) in [5, 5.41) is 3.39. The van der Waals surface area contributed by atoms with Crippen molar-refractivity contribution in [2.75, 3.05) is 19.6 Å². The third-order valence-corrected chi connectivity index (χ3v) is 4.31. The topological polar surface area (TPSA) is 72.2 Å². The van der Waals surface area contributed by atoms with Crippen molar-refractivity contribution in [1.82, 2.24) is 24.3 Å². The van der Waals surface area contributed by atoms with Gasteiger partial charge in [-0.3, -0.25) is 19.2 Å². The molecular weight excluding hydrogens is 330 g/mol. The molecule has 130 valence electrons. The smallest absolute Gasteiger partial charge is 0.314 e. The van der Waals surface area contributed by atoms with Gasteiger partial charge in [0.05, 0.1) is 0 Å². The zero-order chi connectivity index (χ0) is 16.4. The molecule has 3 rings (SSSR count). The average Bonchev–Trinajstić information content (AvgIpc) is 2.59. The summed E-state index contributed by atoms with van der Waals surface area (Å²) in [6.07, 6.45) is 5.27. The van der Waals surface area contributed by atoms with Crippen molar-refractivity contribution < 1.29 is 0 Å². The van der Waals surface area contributed by atoms with Gasteiger partial charge in [0.25, 0.3) is 5.56 Å². The van der Waals surface area contributed by atoms with E-state index in [1.54, 1.807) is 19.4 Å². The molecule has 8 heteroatoms. The number of aromatic nitrogens is 3. The van der Waals surface area contributed by atoms with Gasteiger partial charge in [0.1, 0.15) is 0 Å². The van der Waals surface area contributed by atoms with E-state index in [0.717, 1.165) is 29.8 Å². The van der Waals surface area contributed by atoms with Gasteiger partial charge in [-0.05, 0) is 11.6 Å². The number of nitrogens with zero attached hydrogens (tertiary/aromatic N) is 4. The lowest BCUT2D eigenvalue weighted by molar-refractivity contribution is 0.152. The summed E-state index contributed by atoms with van der Waals surface area (Å²) in [4.78, 5) is 30.6. The van der Waals surface area contributed by atoms with E-state index in [2.05, 4.69) is 21.3 Å². The van der Waals surface area contributed by atoms with Gasteiger partial charge in [0, 0.05) is 70.5 Å². The summed E-state index contributed by atoms with van der Waals surface area (Å²) in [6.45, 7) is 3.05. The van der Waals surface area contributed by atoms with Crippen LogP contribution in [0.25, 0.3) is 0 Å². The fourth-order valence-corrected chi connectivity index (χ4v) is 3.05. The van der Waals surface area contributed by atoms with Gasteiger partial charge in [0.15, 0.2) is 0 Å². The first kappa shape index (κ1) is 18.4. The minimum atomic E-state index is -0.303. The Balaban J connectivity index is 0.00000208. The summed E-state index contributed by atoms with van der Waals surface area (Å²) in [6, 6.07) is 4.14. The molecule has 2 aromatic rings. The number of hydrogen-bond donors (Lipinski definition) is 1. The molecule has 0 aromatic carbocycles. The van der Waals surface area contributed by atoms with Gasteiger partial charge in [-0.25, -0.2) is 4.79 Å². The van der Waals surface area contributed by atoms with Crippen LogP contribution >= 0.6 is 12.4 Å². The molecule has 0 saturated carbocycles. The molecule has 1 saturated heterocycles. The second-order valence-corrected chi connectivity index (χ2v) is 5.89. The number of hydrogen-bond acceptors (Lipinski definition) is 5. The molecule has 0 spiro atoms. The number of nitrogens with one attached hydrogen (secondary N) is 1. The van der Waals surface area contributed by atoms with Crippen LogP contribution in [0, 0.1) is 0 Å². The summed E-state index contributed by atoms with van der Waals surface area (Å²) in [7, 11) is 3.19. The average molecular weight is 352 g/mol. The summed E-state index contributed by atoms with van der Waals surface area (Å²) in [5.74, 6) is 0. The highest BCUT2D eigenvalue weighted by atomic mass is 35.5. The third kappa shape index (κ3) is 3.58. The van der Waals surface area contributed by atoms with Crippen molar-refractivity contribution in [1.29, 1.82) is 0 Å². The van der Waals surface area contributed by atoms with Crippen molar-refractivity contribution in [3.63, 3.8) is 0 Å². The number of aryl methyl sites for hydroxylation is 1. The number of pyridine rings is 1. The molecule has 1 aliphatic rings. The molecule has 0 bridgehead atoms. The molecule has 1 fully saturated rings. The maximum absolute atomic E-state index is 12.4. The van der Waals surface area contributed by atoms with Crippen LogP contribution in [0.1, 0.15) is 17.2 Å². The first-order valence-corrected chi connectivity index (χ1v) is 7.68. The lowest BCUT2D eigenvalue weighted by atomic mass is 10.0. The summed E-state index contributed by atoms with van der Waals surface area (Å²) in [5.41, 5.74) is 1.23. The molecule has 0 amide bonds. The van der Waals surface area contributed by atoms with Crippen LogP contribution in [0.4, 0.5) is 0 Å². The van der Waals surface area contributed by atoms with E-state index in [0.29, 0.717) is 12.1 Å². The van der Waals surface area contributed by atoms with Gasteiger partial charge < -0.3 is 9.88 Å². The predicted molar refractivity (Wildman–Crippen MR) is 94.4 cm³/mol. The van der Waals surface area contributed by atoms with Gasteiger partial charge in [0.2, 0.25) is 0 Å². The second kappa shape index (κ2) is 7.74. The van der Waals surface area contributed by atoms with Crippen LogP contribution in [0.15, 0.2) is 40.3 Å².